The summed E-state index contributed by atoms with van der Waals surface area (Å²) in [5.74, 6) is 0.103. The Balaban J connectivity index is 2.12. The number of rotatable bonds is 4. The van der Waals surface area contributed by atoms with Gasteiger partial charge in [-0.15, -0.1) is 0 Å². The van der Waals surface area contributed by atoms with Crippen molar-refractivity contribution in [2.75, 3.05) is 19.6 Å². The van der Waals surface area contributed by atoms with Crippen molar-refractivity contribution < 1.29 is 13.6 Å². The summed E-state index contributed by atoms with van der Waals surface area (Å²) in [6.07, 6.45) is -0.148. The molecule has 1 heterocycles. The second-order valence-corrected chi connectivity index (χ2v) is 3.59. The Morgan fingerprint density at radius 1 is 1.43 bits per heavy atom. The fourth-order valence-electron chi connectivity index (χ4n) is 1.61. The van der Waals surface area contributed by atoms with Gasteiger partial charge < -0.3 is 10.6 Å². The number of halogens is 2. The number of hydrogen-bond acceptors (Lipinski definition) is 2. The molecule has 1 amide bonds. The van der Waals surface area contributed by atoms with Gasteiger partial charge in [0.1, 0.15) is 0 Å². The molecule has 1 saturated heterocycles. The molecular formula is C9H16F2N2O. The van der Waals surface area contributed by atoms with Crippen molar-refractivity contribution >= 4 is 5.91 Å². The molecule has 0 aromatic rings. The summed E-state index contributed by atoms with van der Waals surface area (Å²) < 4.78 is 23.5. The van der Waals surface area contributed by atoms with Crippen LogP contribution in [-0.2, 0) is 4.79 Å². The maximum atomic E-state index is 11.7. The van der Waals surface area contributed by atoms with Gasteiger partial charge in [-0.3, -0.25) is 4.79 Å². The first-order valence-corrected chi connectivity index (χ1v) is 4.94. The first kappa shape index (κ1) is 11.4. The summed E-state index contributed by atoms with van der Waals surface area (Å²) in [7, 11) is 0. The lowest BCUT2D eigenvalue weighted by Gasteiger charge is -2.21. The molecule has 0 atom stereocenters. The van der Waals surface area contributed by atoms with E-state index >= 15 is 0 Å². The minimum Gasteiger partial charge on any atom is -0.350 e. The topological polar surface area (TPSA) is 41.1 Å². The predicted molar refractivity (Wildman–Crippen MR) is 49.2 cm³/mol. The lowest BCUT2D eigenvalue weighted by Crippen LogP contribution is -2.33. The van der Waals surface area contributed by atoms with Crippen LogP contribution in [0.4, 0.5) is 8.78 Å². The van der Waals surface area contributed by atoms with Gasteiger partial charge in [-0.25, -0.2) is 8.78 Å². The van der Waals surface area contributed by atoms with E-state index in [0.29, 0.717) is 12.3 Å². The molecular weight excluding hydrogens is 190 g/mol. The molecule has 0 aliphatic carbocycles. The van der Waals surface area contributed by atoms with E-state index in [2.05, 4.69) is 10.6 Å². The quantitative estimate of drug-likeness (QED) is 0.713. The van der Waals surface area contributed by atoms with E-state index in [4.69, 9.17) is 0 Å². The smallest absolute Gasteiger partial charge is 0.255 e. The van der Waals surface area contributed by atoms with Gasteiger partial charge in [-0.1, -0.05) is 0 Å². The number of piperidine rings is 1. The molecule has 0 aromatic carbocycles. The summed E-state index contributed by atoms with van der Waals surface area (Å²) in [6, 6.07) is 0. The second kappa shape index (κ2) is 5.90. The van der Waals surface area contributed by atoms with Crippen molar-refractivity contribution in [1.29, 1.82) is 0 Å². The number of carbonyl (C=O) groups is 1. The second-order valence-electron chi connectivity index (χ2n) is 3.59. The Morgan fingerprint density at radius 2 is 2.07 bits per heavy atom. The number of carbonyl (C=O) groups excluding carboxylic acids is 1. The molecule has 82 valence electrons. The zero-order chi connectivity index (χ0) is 10.4. The molecule has 1 aliphatic heterocycles. The van der Waals surface area contributed by atoms with Gasteiger partial charge in [-0.05, 0) is 31.8 Å². The van der Waals surface area contributed by atoms with Crippen LogP contribution < -0.4 is 10.6 Å². The fourth-order valence-corrected chi connectivity index (χ4v) is 1.61. The van der Waals surface area contributed by atoms with Crippen LogP contribution in [-0.4, -0.2) is 32.0 Å². The SMILES string of the molecule is O=C(CC1CCNCC1)NCC(F)F. The average molecular weight is 206 g/mol. The third-order valence-corrected chi connectivity index (χ3v) is 2.39. The van der Waals surface area contributed by atoms with Crippen LogP contribution in [0.3, 0.4) is 0 Å². The molecule has 5 heteroatoms. The molecule has 0 aromatic heterocycles. The zero-order valence-corrected chi connectivity index (χ0v) is 8.06. The first-order valence-electron chi connectivity index (χ1n) is 4.94. The summed E-state index contributed by atoms with van der Waals surface area (Å²) in [5.41, 5.74) is 0. The van der Waals surface area contributed by atoms with E-state index in [1.165, 1.54) is 0 Å². The molecule has 1 rings (SSSR count). The van der Waals surface area contributed by atoms with Crippen LogP contribution in [0.25, 0.3) is 0 Å². The van der Waals surface area contributed by atoms with E-state index in [1.54, 1.807) is 0 Å². The van der Waals surface area contributed by atoms with E-state index in [9.17, 15) is 13.6 Å². The van der Waals surface area contributed by atoms with Crippen LogP contribution in [0.15, 0.2) is 0 Å². The van der Waals surface area contributed by atoms with Gasteiger partial charge in [0.05, 0.1) is 6.54 Å². The first-order chi connectivity index (χ1) is 6.68. The van der Waals surface area contributed by atoms with E-state index in [-0.39, 0.29) is 5.91 Å². The number of nitrogens with one attached hydrogen (secondary N) is 2. The normalized spacial score (nSPS) is 18.5. The molecule has 14 heavy (non-hydrogen) atoms. The maximum Gasteiger partial charge on any atom is 0.255 e. The Kier molecular flexibility index (Phi) is 4.79. The molecule has 0 unspecified atom stereocenters. The molecule has 1 aliphatic rings. The fraction of sp³-hybridized carbons (Fsp3) is 0.889. The highest BCUT2D eigenvalue weighted by Crippen LogP contribution is 2.15. The van der Waals surface area contributed by atoms with Crippen molar-refractivity contribution in [1.82, 2.24) is 10.6 Å². The van der Waals surface area contributed by atoms with Crippen molar-refractivity contribution in [3.8, 4) is 0 Å². The minimum absolute atomic E-state index is 0.253. The van der Waals surface area contributed by atoms with Gasteiger partial charge >= 0.3 is 0 Å². The van der Waals surface area contributed by atoms with E-state index < -0.39 is 13.0 Å². The number of alkyl halides is 2. The molecule has 2 N–H and O–H groups in total. The van der Waals surface area contributed by atoms with Gasteiger partial charge in [0.25, 0.3) is 6.43 Å². The van der Waals surface area contributed by atoms with Crippen LogP contribution >= 0.6 is 0 Å². The van der Waals surface area contributed by atoms with Crippen molar-refractivity contribution in [2.24, 2.45) is 5.92 Å². The van der Waals surface area contributed by atoms with Crippen LogP contribution in [0.2, 0.25) is 0 Å². The summed E-state index contributed by atoms with van der Waals surface area (Å²) in [4.78, 5) is 11.2. The Hall–Kier alpha value is -0.710. The van der Waals surface area contributed by atoms with Gasteiger partial charge in [0.2, 0.25) is 5.91 Å². The number of amides is 1. The lowest BCUT2D eigenvalue weighted by molar-refractivity contribution is -0.122. The molecule has 1 fully saturated rings. The van der Waals surface area contributed by atoms with Crippen molar-refractivity contribution in [3.63, 3.8) is 0 Å². The van der Waals surface area contributed by atoms with Gasteiger partial charge in [0.15, 0.2) is 0 Å². The third kappa shape index (κ3) is 4.50. The highest BCUT2D eigenvalue weighted by molar-refractivity contribution is 5.76. The van der Waals surface area contributed by atoms with E-state index in [1.807, 2.05) is 0 Å². The standard InChI is InChI=1S/C9H16F2N2O/c10-8(11)6-13-9(14)5-7-1-3-12-4-2-7/h7-8,12H,1-6H2,(H,13,14). The predicted octanol–water partition coefficient (Wildman–Crippen LogP) is 0.757. The average Bonchev–Trinajstić information content (AvgIpc) is 2.16. The van der Waals surface area contributed by atoms with Crippen LogP contribution in [0.5, 0.6) is 0 Å². The van der Waals surface area contributed by atoms with Gasteiger partial charge in [0, 0.05) is 6.42 Å². The molecule has 0 radical (unpaired) electrons. The highest BCUT2D eigenvalue weighted by atomic mass is 19.3. The minimum atomic E-state index is -2.45. The molecule has 0 bridgehead atoms. The molecule has 0 spiro atoms. The Morgan fingerprint density at radius 3 is 2.64 bits per heavy atom. The Bertz CT molecular complexity index is 182. The van der Waals surface area contributed by atoms with Crippen LogP contribution in [0.1, 0.15) is 19.3 Å². The zero-order valence-electron chi connectivity index (χ0n) is 8.06. The maximum absolute atomic E-state index is 11.7. The van der Waals surface area contributed by atoms with E-state index in [0.717, 1.165) is 25.9 Å². The molecule has 3 nitrogen and oxygen atoms in total. The molecule has 0 saturated carbocycles. The largest absolute Gasteiger partial charge is 0.350 e. The monoisotopic (exact) mass is 206 g/mol. The van der Waals surface area contributed by atoms with Crippen molar-refractivity contribution in [3.05, 3.63) is 0 Å². The summed E-state index contributed by atoms with van der Waals surface area (Å²) in [6.45, 7) is 1.32. The Labute approximate surface area is 82.2 Å². The summed E-state index contributed by atoms with van der Waals surface area (Å²) >= 11 is 0. The van der Waals surface area contributed by atoms with Gasteiger partial charge in [-0.2, -0.15) is 0 Å². The number of hydrogen-bond donors (Lipinski definition) is 2. The summed E-state index contributed by atoms with van der Waals surface area (Å²) in [5, 5.41) is 5.41. The lowest BCUT2D eigenvalue weighted by atomic mass is 9.94. The highest BCUT2D eigenvalue weighted by Gasteiger charge is 2.17. The van der Waals surface area contributed by atoms with Crippen LogP contribution in [0, 0.1) is 5.92 Å². The van der Waals surface area contributed by atoms with Crippen molar-refractivity contribution in [2.45, 2.75) is 25.7 Å². The third-order valence-electron chi connectivity index (χ3n) is 2.39.